The molecule has 2 aromatic rings. The molecule has 210 valence electrons. The number of phenolic OH excluding ortho intramolecular Hbond substituents is 1. The lowest BCUT2D eigenvalue weighted by atomic mass is 9.58. The number of nitrogen functional groups attached to an aromatic ring is 1. The van der Waals surface area contributed by atoms with E-state index in [0.29, 0.717) is 22.4 Å². The number of likely N-dealkylation sites (N-methyl/N-ethyl adjacent to an activating group) is 1. The number of aromatic nitrogens is 1. The number of anilines is 2. The number of Topliss-reactive ketones (excluding diaryl/α,β-unsaturated/α-hetero) is 2. The highest BCUT2D eigenvalue weighted by atomic mass is 16.3. The lowest BCUT2D eigenvalue weighted by molar-refractivity contribution is -0.148. The summed E-state index contributed by atoms with van der Waals surface area (Å²) in [4.78, 5) is 47.1. The van der Waals surface area contributed by atoms with Crippen molar-refractivity contribution >= 4 is 29.0 Å². The number of hydrogen-bond donors (Lipinski definition) is 6. The summed E-state index contributed by atoms with van der Waals surface area (Å²) in [5.74, 6) is -6.63. The predicted octanol–water partition coefficient (Wildman–Crippen LogP) is 0.831. The van der Waals surface area contributed by atoms with Crippen molar-refractivity contribution < 1.29 is 34.8 Å². The van der Waals surface area contributed by atoms with Gasteiger partial charge < -0.3 is 36.8 Å². The third-order valence-corrected chi connectivity index (χ3v) is 8.28. The van der Waals surface area contributed by atoms with Crippen LogP contribution < -0.4 is 16.4 Å². The molecule has 0 saturated heterocycles. The van der Waals surface area contributed by atoms with Gasteiger partial charge in [0, 0.05) is 48.6 Å². The molecule has 0 aliphatic heterocycles. The smallest absolute Gasteiger partial charge is 0.255 e. The van der Waals surface area contributed by atoms with E-state index < -0.39 is 58.0 Å². The molecule has 12 heteroatoms. The van der Waals surface area contributed by atoms with E-state index in [4.69, 9.17) is 11.5 Å². The number of rotatable bonds is 4. The fourth-order valence-corrected chi connectivity index (χ4v) is 6.48. The SMILES string of the molecule is CN(C)c1cc(-c2ccc(N)nc2)c(O)c2c1C[C@H]1C[C@H]3[C@H](N(C)C)C(O)=C(C(N)=O)C(=O)[C@@]3(O)C(O)=C1C2=O. The molecule has 0 unspecified atom stereocenters. The van der Waals surface area contributed by atoms with Gasteiger partial charge in [0.25, 0.3) is 5.91 Å². The number of aromatic hydroxyl groups is 1. The standard InChI is InChI=1S/C28H31N5O7/c1-32(2)16-9-13(11-5-6-17(29)31-10-11)22(34)19-14(16)7-12-8-15-21(33(3)4)24(36)20(27(30)39)26(38)28(15,40)25(37)18(12)23(19)35/h5-6,9-10,12,15,21,34,36-37,40H,7-8H2,1-4H3,(H2,29,31)(H2,30,39)/t12-,15-,21-,28-/m0/s1. The van der Waals surface area contributed by atoms with Crippen molar-refractivity contribution in [3.8, 4) is 16.9 Å². The molecule has 0 radical (unpaired) electrons. The Morgan fingerprint density at radius 3 is 2.35 bits per heavy atom. The maximum Gasteiger partial charge on any atom is 0.255 e. The lowest BCUT2D eigenvalue weighted by Gasteiger charge is -2.50. The van der Waals surface area contributed by atoms with Crippen molar-refractivity contribution in [2.24, 2.45) is 17.6 Å². The highest BCUT2D eigenvalue weighted by molar-refractivity contribution is 6.25. The topological polar surface area (TPSA) is 204 Å². The number of aliphatic hydroxyl groups excluding tert-OH is 2. The maximum absolute atomic E-state index is 14.1. The van der Waals surface area contributed by atoms with Crippen LogP contribution >= 0.6 is 0 Å². The third kappa shape index (κ3) is 3.59. The van der Waals surface area contributed by atoms with Gasteiger partial charge in [0.15, 0.2) is 11.4 Å². The Balaban J connectivity index is 1.75. The number of fused-ring (bicyclic) bond motifs is 3. The van der Waals surface area contributed by atoms with Gasteiger partial charge in [0.2, 0.25) is 5.78 Å². The molecule has 40 heavy (non-hydrogen) atoms. The Bertz CT molecular complexity index is 1540. The van der Waals surface area contributed by atoms with Gasteiger partial charge in [-0.05, 0) is 56.6 Å². The van der Waals surface area contributed by atoms with Crippen LogP contribution in [-0.2, 0) is 16.0 Å². The molecular weight excluding hydrogens is 518 g/mol. The molecule has 0 fully saturated rings. The molecule has 8 N–H and O–H groups in total. The molecule has 5 rings (SSSR count). The Morgan fingerprint density at radius 1 is 1.12 bits per heavy atom. The molecule has 1 heterocycles. The quantitative estimate of drug-likeness (QED) is 0.295. The number of primary amides is 1. The van der Waals surface area contributed by atoms with Crippen molar-refractivity contribution in [1.29, 1.82) is 0 Å². The number of carbonyl (C=O) groups is 3. The molecule has 3 aliphatic carbocycles. The minimum Gasteiger partial charge on any atom is -0.510 e. The van der Waals surface area contributed by atoms with E-state index in [1.54, 1.807) is 51.3 Å². The van der Waals surface area contributed by atoms with E-state index in [1.807, 2.05) is 0 Å². The molecular formula is C28H31N5O7. The molecule has 3 aliphatic rings. The number of pyridine rings is 1. The number of ketones is 2. The minimum atomic E-state index is -2.69. The monoisotopic (exact) mass is 549 g/mol. The van der Waals surface area contributed by atoms with Crippen LogP contribution in [0, 0.1) is 11.8 Å². The minimum absolute atomic E-state index is 0.0169. The van der Waals surface area contributed by atoms with Crippen LogP contribution in [0.5, 0.6) is 5.75 Å². The van der Waals surface area contributed by atoms with Crippen LogP contribution in [0.15, 0.2) is 47.1 Å². The van der Waals surface area contributed by atoms with Crippen LogP contribution in [0.4, 0.5) is 11.5 Å². The van der Waals surface area contributed by atoms with Crippen LogP contribution in [0.3, 0.4) is 0 Å². The lowest BCUT2D eigenvalue weighted by Crippen LogP contribution is -2.63. The van der Waals surface area contributed by atoms with Gasteiger partial charge in [-0.1, -0.05) is 0 Å². The Morgan fingerprint density at radius 2 is 1.80 bits per heavy atom. The number of hydrogen-bond acceptors (Lipinski definition) is 11. The van der Waals surface area contributed by atoms with Crippen LogP contribution in [0.25, 0.3) is 11.1 Å². The van der Waals surface area contributed by atoms with Gasteiger partial charge in [0.1, 0.15) is 28.7 Å². The van der Waals surface area contributed by atoms with Gasteiger partial charge >= 0.3 is 0 Å². The molecule has 4 atom stereocenters. The van der Waals surface area contributed by atoms with Crippen LogP contribution in [0.2, 0.25) is 0 Å². The van der Waals surface area contributed by atoms with Gasteiger partial charge in [-0.3, -0.25) is 19.3 Å². The Labute approximate surface area is 229 Å². The average Bonchev–Trinajstić information content (AvgIpc) is 2.86. The van der Waals surface area contributed by atoms with Crippen molar-refractivity contribution in [2.45, 2.75) is 24.5 Å². The van der Waals surface area contributed by atoms with Crippen LogP contribution in [-0.4, -0.2) is 87.6 Å². The first kappa shape index (κ1) is 27.2. The van der Waals surface area contributed by atoms with Crippen molar-refractivity contribution in [3.63, 3.8) is 0 Å². The highest BCUT2D eigenvalue weighted by Crippen LogP contribution is 2.54. The Hall–Kier alpha value is -4.42. The summed E-state index contributed by atoms with van der Waals surface area (Å²) in [6, 6.07) is 3.90. The molecule has 0 saturated carbocycles. The first-order valence-corrected chi connectivity index (χ1v) is 12.6. The number of aliphatic hydroxyl groups is 3. The summed E-state index contributed by atoms with van der Waals surface area (Å²) in [6.07, 6.45) is 1.67. The second-order valence-corrected chi connectivity index (χ2v) is 11.0. The Kier molecular flexibility index (Phi) is 6.16. The summed E-state index contributed by atoms with van der Waals surface area (Å²) >= 11 is 0. The van der Waals surface area contributed by atoms with Crippen LogP contribution in [0.1, 0.15) is 22.3 Å². The fourth-order valence-electron chi connectivity index (χ4n) is 6.48. The number of nitrogens with two attached hydrogens (primary N) is 2. The maximum atomic E-state index is 14.1. The zero-order valence-corrected chi connectivity index (χ0v) is 22.5. The highest BCUT2D eigenvalue weighted by Gasteiger charge is 2.63. The first-order valence-electron chi connectivity index (χ1n) is 12.6. The molecule has 1 aromatic heterocycles. The molecule has 0 bridgehead atoms. The van der Waals surface area contributed by atoms with Gasteiger partial charge in [-0.2, -0.15) is 0 Å². The van der Waals surface area contributed by atoms with Crippen molar-refractivity contribution in [3.05, 3.63) is 58.2 Å². The number of amides is 1. The largest absolute Gasteiger partial charge is 0.510 e. The average molecular weight is 550 g/mol. The van der Waals surface area contributed by atoms with Gasteiger partial charge in [-0.25, -0.2) is 4.98 Å². The third-order valence-electron chi connectivity index (χ3n) is 8.28. The summed E-state index contributed by atoms with van der Waals surface area (Å²) in [7, 11) is 6.76. The predicted molar refractivity (Wildman–Crippen MR) is 146 cm³/mol. The van der Waals surface area contributed by atoms with E-state index in [0.717, 1.165) is 0 Å². The number of phenols is 1. The van der Waals surface area contributed by atoms with E-state index in [1.165, 1.54) is 11.1 Å². The van der Waals surface area contributed by atoms with E-state index in [9.17, 15) is 34.8 Å². The normalized spacial score (nSPS) is 26.0. The van der Waals surface area contributed by atoms with E-state index in [-0.39, 0.29) is 35.5 Å². The summed E-state index contributed by atoms with van der Waals surface area (Å²) < 4.78 is 0. The van der Waals surface area contributed by atoms with E-state index >= 15 is 0 Å². The summed E-state index contributed by atoms with van der Waals surface area (Å²) in [5, 5.41) is 45.5. The second-order valence-electron chi connectivity index (χ2n) is 11.0. The summed E-state index contributed by atoms with van der Waals surface area (Å²) in [6.45, 7) is 0. The molecule has 0 spiro atoms. The molecule has 1 amide bonds. The van der Waals surface area contributed by atoms with E-state index in [2.05, 4.69) is 4.98 Å². The fraction of sp³-hybridized carbons (Fsp3) is 0.357. The zero-order valence-electron chi connectivity index (χ0n) is 22.5. The molecule has 12 nitrogen and oxygen atoms in total. The number of allylic oxidation sites excluding steroid dienone is 1. The molecule has 1 aromatic carbocycles. The second kappa shape index (κ2) is 9.07. The number of benzene rings is 1. The number of carbonyl (C=O) groups excluding carboxylic acids is 3. The zero-order chi connectivity index (χ0) is 29.4. The van der Waals surface area contributed by atoms with Crippen molar-refractivity contribution in [1.82, 2.24) is 9.88 Å². The number of nitrogens with zero attached hydrogens (tertiary/aromatic N) is 3. The van der Waals surface area contributed by atoms with Gasteiger partial charge in [-0.15, -0.1) is 0 Å². The van der Waals surface area contributed by atoms with Crippen molar-refractivity contribution in [2.75, 3.05) is 38.8 Å². The first-order chi connectivity index (χ1) is 18.7. The summed E-state index contributed by atoms with van der Waals surface area (Å²) in [5.41, 5.74) is 9.26. The van der Waals surface area contributed by atoms with Gasteiger partial charge in [0.05, 0.1) is 11.6 Å².